The van der Waals surface area contributed by atoms with E-state index in [1.165, 1.54) is 4.31 Å². The van der Waals surface area contributed by atoms with Crippen LogP contribution >= 0.6 is 15.9 Å². The monoisotopic (exact) mass is 481 g/mol. The van der Waals surface area contributed by atoms with Crippen LogP contribution in [0.4, 0.5) is 5.69 Å². The maximum absolute atomic E-state index is 13.5. The Morgan fingerprint density at radius 1 is 0.967 bits per heavy atom. The van der Waals surface area contributed by atoms with Gasteiger partial charge in [-0.3, -0.25) is 4.31 Å². The predicted octanol–water partition coefficient (Wildman–Crippen LogP) is 5.34. The molecular weight excluding hydrogens is 462 g/mol. The van der Waals surface area contributed by atoms with Gasteiger partial charge in [0.25, 0.3) is 10.0 Å². The lowest BCUT2D eigenvalue weighted by atomic mass is 10.2. The Balaban J connectivity index is 1.73. The lowest BCUT2D eigenvalue weighted by Gasteiger charge is -2.24. The van der Waals surface area contributed by atoms with Gasteiger partial charge in [-0.2, -0.15) is 5.10 Å². The third-order valence-electron chi connectivity index (χ3n) is 4.69. The van der Waals surface area contributed by atoms with Gasteiger partial charge in [-0.05, 0) is 49.4 Å². The standard InChI is InChI=1S/C23H20BrN3O2S/c1-18-10-12-23(13-11-18)30(28,29)27(22-9-5-6-20(24)14-22)17-19-15-25-26(16-19)21-7-3-2-4-8-21/h2-16H,17H2,1H3. The number of anilines is 1. The molecule has 0 fully saturated rings. The van der Waals surface area contributed by atoms with E-state index in [1.807, 2.05) is 55.6 Å². The van der Waals surface area contributed by atoms with Crippen LogP contribution in [0, 0.1) is 6.92 Å². The first-order chi connectivity index (χ1) is 14.4. The zero-order chi connectivity index (χ0) is 21.1. The van der Waals surface area contributed by atoms with E-state index in [-0.39, 0.29) is 11.4 Å². The quantitative estimate of drug-likeness (QED) is 0.373. The Hall–Kier alpha value is -2.90. The third kappa shape index (κ3) is 4.32. The molecule has 152 valence electrons. The summed E-state index contributed by atoms with van der Waals surface area (Å²) in [4.78, 5) is 0.253. The molecule has 0 saturated carbocycles. The molecule has 7 heteroatoms. The smallest absolute Gasteiger partial charge is 0.262 e. The molecule has 1 heterocycles. The minimum atomic E-state index is -3.77. The molecule has 4 aromatic rings. The lowest BCUT2D eigenvalue weighted by molar-refractivity contribution is 0.590. The van der Waals surface area contributed by atoms with E-state index in [0.29, 0.717) is 5.69 Å². The van der Waals surface area contributed by atoms with Gasteiger partial charge in [0.15, 0.2) is 0 Å². The summed E-state index contributed by atoms with van der Waals surface area (Å²) in [5.41, 5.74) is 3.29. The van der Waals surface area contributed by atoms with Crippen molar-refractivity contribution in [1.29, 1.82) is 0 Å². The van der Waals surface area contributed by atoms with E-state index in [9.17, 15) is 8.42 Å². The number of hydrogen-bond donors (Lipinski definition) is 0. The van der Waals surface area contributed by atoms with Gasteiger partial charge in [0, 0.05) is 16.2 Å². The van der Waals surface area contributed by atoms with Crippen LogP contribution in [0.5, 0.6) is 0 Å². The maximum Gasteiger partial charge on any atom is 0.264 e. The summed E-state index contributed by atoms with van der Waals surface area (Å²) in [7, 11) is -3.77. The summed E-state index contributed by atoms with van der Waals surface area (Å²) in [6.07, 6.45) is 3.55. The number of benzene rings is 3. The van der Waals surface area contributed by atoms with Gasteiger partial charge < -0.3 is 0 Å². The predicted molar refractivity (Wildman–Crippen MR) is 122 cm³/mol. The van der Waals surface area contributed by atoms with Crippen LogP contribution in [0.25, 0.3) is 5.69 Å². The number of sulfonamides is 1. The maximum atomic E-state index is 13.5. The van der Waals surface area contributed by atoms with Crippen molar-refractivity contribution in [3.8, 4) is 5.69 Å². The molecular formula is C23H20BrN3O2S. The van der Waals surface area contributed by atoms with Crippen LogP contribution in [0.2, 0.25) is 0 Å². The van der Waals surface area contributed by atoms with Crippen molar-refractivity contribution in [2.24, 2.45) is 0 Å². The van der Waals surface area contributed by atoms with E-state index in [1.54, 1.807) is 47.3 Å². The molecule has 0 amide bonds. The summed E-state index contributed by atoms with van der Waals surface area (Å²) < 4.78 is 31.0. The van der Waals surface area contributed by atoms with E-state index in [2.05, 4.69) is 21.0 Å². The molecule has 30 heavy (non-hydrogen) atoms. The highest BCUT2D eigenvalue weighted by Gasteiger charge is 2.26. The zero-order valence-electron chi connectivity index (χ0n) is 16.3. The van der Waals surface area contributed by atoms with E-state index >= 15 is 0 Å². The van der Waals surface area contributed by atoms with Crippen LogP contribution in [0.1, 0.15) is 11.1 Å². The van der Waals surface area contributed by atoms with Crippen molar-refractivity contribution in [2.45, 2.75) is 18.4 Å². The van der Waals surface area contributed by atoms with Gasteiger partial charge >= 0.3 is 0 Å². The summed E-state index contributed by atoms with van der Waals surface area (Å²) >= 11 is 3.45. The van der Waals surface area contributed by atoms with Gasteiger partial charge in [-0.25, -0.2) is 13.1 Å². The largest absolute Gasteiger partial charge is 0.264 e. The summed E-state index contributed by atoms with van der Waals surface area (Å²) in [5, 5.41) is 4.40. The Morgan fingerprint density at radius 2 is 1.70 bits per heavy atom. The average Bonchev–Trinajstić information content (AvgIpc) is 3.22. The van der Waals surface area contributed by atoms with Crippen LogP contribution in [0.3, 0.4) is 0 Å². The Morgan fingerprint density at radius 3 is 2.40 bits per heavy atom. The van der Waals surface area contributed by atoms with Crippen LogP contribution in [-0.4, -0.2) is 18.2 Å². The Kier molecular flexibility index (Phi) is 5.74. The van der Waals surface area contributed by atoms with Crippen molar-refractivity contribution in [3.63, 3.8) is 0 Å². The van der Waals surface area contributed by atoms with E-state index in [4.69, 9.17) is 0 Å². The highest BCUT2D eigenvalue weighted by atomic mass is 79.9. The molecule has 0 bridgehead atoms. The molecule has 0 aliphatic rings. The molecule has 1 aromatic heterocycles. The molecule has 0 atom stereocenters. The first-order valence-corrected chi connectivity index (χ1v) is 11.6. The molecule has 4 rings (SSSR count). The van der Waals surface area contributed by atoms with Gasteiger partial charge in [-0.15, -0.1) is 0 Å². The van der Waals surface area contributed by atoms with E-state index < -0.39 is 10.0 Å². The summed E-state index contributed by atoms with van der Waals surface area (Å²) in [5.74, 6) is 0. The molecule has 0 unspecified atom stereocenters. The van der Waals surface area contributed by atoms with Gasteiger partial charge in [0.05, 0.1) is 29.0 Å². The van der Waals surface area contributed by atoms with Gasteiger partial charge in [-0.1, -0.05) is 57.9 Å². The highest BCUT2D eigenvalue weighted by molar-refractivity contribution is 9.10. The van der Waals surface area contributed by atoms with Crippen LogP contribution in [0.15, 0.2) is 101 Å². The fourth-order valence-corrected chi connectivity index (χ4v) is 4.95. The first kappa shape index (κ1) is 20.4. The summed E-state index contributed by atoms with van der Waals surface area (Å²) in [6, 6.07) is 23.9. The molecule has 0 N–H and O–H groups in total. The fraction of sp³-hybridized carbons (Fsp3) is 0.0870. The SMILES string of the molecule is Cc1ccc(S(=O)(=O)N(Cc2cnn(-c3ccccc3)c2)c2cccc(Br)c2)cc1. The molecule has 0 aliphatic carbocycles. The second-order valence-electron chi connectivity index (χ2n) is 6.93. The highest BCUT2D eigenvalue weighted by Crippen LogP contribution is 2.28. The van der Waals surface area contributed by atoms with Crippen molar-refractivity contribution in [1.82, 2.24) is 9.78 Å². The lowest BCUT2D eigenvalue weighted by Crippen LogP contribution is -2.30. The molecule has 0 spiro atoms. The zero-order valence-corrected chi connectivity index (χ0v) is 18.7. The topological polar surface area (TPSA) is 55.2 Å². The number of aryl methyl sites for hydroxylation is 1. The molecule has 0 saturated heterocycles. The minimum Gasteiger partial charge on any atom is -0.262 e. The number of rotatable bonds is 6. The second-order valence-corrected chi connectivity index (χ2v) is 9.71. The number of aromatic nitrogens is 2. The molecule has 3 aromatic carbocycles. The number of hydrogen-bond acceptors (Lipinski definition) is 3. The average molecular weight is 482 g/mol. The van der Waals surface area contributed by atoms with Crippen LogP contribution < -0.4 is 4.31 Å². The normalized spacial score (nSPS) is 11.4. The Bertz CT molecular complexity index is 1250. The van der Waals surface area contributed by atoms with E-state index in [0.717, 1.165) is 21.3 Å². The second kappa shape index (κ2) is 8.45. The molecule has 0 radical (unpaired) electrons. The van der Waals surface area contributed by atoms with Gasteiger partial charge in [0.2, 0.25) is 0 Å². The van der Waals surface area contributed by atoms with Crippen molar-refractivity contribution in [3.05, 3.63) is 107 Å². The number of para-hydroxylation sites is 1. The Labute approximate surface area is 184 Å². The first-order valence-electron chi connectivity index (χ1n) is 9.37. The molecule has 5 nitrogen and oxygen atoms in total. The van der Waals surface area contributed by atoms with Crippen molar-refractivity contribution < 1.29 is 8.42 Å². The number of halogens is 1. The number of nitrogens with zero attached hydrogens (tertiary/aromatic N) is 3. The fourth-order valence-electron chi connectivity index (χ4n) is 3.11. The third-order valence-corrected chi connectivity index (χ3v) is 6.97. The van der Waals surface area contributed by atoms with Crippen molar-refractivity contribution in [2.75, 3.05) is 4.31 Å². The minimum absolute atomic E-state index is 0.166. The van der Waals surface area contributed by atoms with Gasteiger partial charge in [0.1, 0.15) is 0 Å². The molecule has 0 aliphatic heterocycles. The van der Waals surface area contributed by atoms with Crippen LogP contribution in [-0.2, 0) is 16.6 Å². The van der Waals surface area contributed by atoms with Crippen molar-refractivity contribution >= 4 is 31.6 Å². The summed E-state index contributed by atoms with van der Waals surface area (Å²) in [6.45, 7) is 2.10.